The van der Waals surface area contributed by atoms with E-state index in [1.165, 1.54) is 5.56 Å². The van der Waals surface area contributed by atoms with E-state index in [1.54, 1.807) is 18.6 Å². The lowest BCUT2D eigenvalue weighted by molar-refractivity contribution is 1.01. The van der Waals surface area contributed by atoms with E-state index >= 15 is 0 Å². The molecule has 2 heterocycles. The number of hydrogen-bond donors (Lipinski definition) is 2. The molecule has 3 aromatic rings. The molecule has 3 N–H and O–H groups in total. The molecule has 0 bridgehead atoms. The van der Waals surface area contributed by atoms with Crippen LogP contribution < -0.4 is 11.1 Å². The highest BCUT2D eigenvalue weighted by Crippen LogP contribution is 2.27. The molecule has 4 heteroatoms. The number of aromatic nitrogens is 2. The van der Waals surface area contributed by atoms with Crippen LogP contribution in [0.15, 0.2) is 55.1 Å². The summed E-state index contributed by atoms with van der Waals surface area (Å²) in [7, 11) is 0. The minimum Gasteiger partial charge on any atom is -0.398 e. The fourth-order valence-electron chi connectivity index (χ4n) is 2.25. The van der Waals surface area contributed by atoms with Crippen molar-refractivity contribution in [1.82, 2.24) is 9.97 Å². The van der Waals surface area contributed by atoms with Gasteiger partial charge in [0.1, 0.15) is 0 Å². The number of rotatable bonds is 4. The number of fused-ring (bicyclic) bond motifs is 1. The largest absolute Gasteiger partial charge is 0.398 e. The van der Waals surface area contributed by atoms with Gasteiger partial charge in [-0.05, 0) is 36.2 Å². The van der Waals surface area contributed by atoms with Gasteiger partial charge in [-0.25, -0.2) is 0 Å². The van der Waals surface area contributed by atoms with Crippen molar-refractivity contribution >= 4 is 22.1 Å². The van der Waals surface area contributed by atoms with Crippen LogP contribution in [0.1, 0.15) is 5.56 Å². The summed E-state index contributed by atoms with van der Waals surface area (Å²) in [4.78, 5) is 8.25. The van der Waals surface area contributed by atoms with Gasteiger partial charge < -0.3 is 11.1 Å². The molecule has 0 saturated carbocycles. The SMILES string of the molecule is Nc1ccc(NCCc2cccnc2)c2ccncc12. The maximum Gasteiger partial charge on any atom is 0.0422 e. The minimum atomic E-state index is 0.755. The number of nitrogens with zero attached hydrogens (tertiary/aromatic N) is 2. The van der Waals surface area contributed by atoms with Crippen LogP contribution in [0, 0.1) is 0 Å². The summed E-state index contributed by atoms with van der Waals surface area (Å²) in [5.74, 6) is 0. The minimum absolute atomic E-state index is 0.755. The van der Waals surface area contributed by atoms with Crippen LogP contribution in [0.5, 0.6) is 0 Å². The standard InChI is InChI=1S/C16H16N4/c17-15-3-4-16(13-6-8-19-11-14(13)15)20-9-5-12-2-1-7-18-10-12/h1-4,6-8,10-11,20H,5,9,17H2. The molecule has 20 heavy (non-hydrogen) atoms. The van der Waals surface area contributed by atoms with Gasteiger partial charge in [0.05, 0.1) is 0 Å². The first-order valence-corrected chi connectivity index (χ1v) is 6.59. The van der Waals surface area contributed by atoms with Crippen molar-refractivity contribution in [3.8, 4) is 0 Å². The molecule has 3 rings (SSSR count). The Hall–Kier alpha value is -2.62. The van der Waals surface area contributed by atoms with E-state index < -0.39 is 0 Å². The zero-order chi connectivity index (χ0) is 13.8. The number of anilines is 2. The van der Waals surface area contributed by atoms with Crippen molar-refractivity contribution in [2.75, 3.05) is 17.6 Å². The molecule has 0 radical (unpaired) electrons. The van der Waals surface area contributed by atoms with E-state index in [1.807, 2.05) is 30.5 Å². The number of nitrogen functional groups attached to an aromatic ring is 1. The molecule has 100 valence electrons. The second-order valence-corrected chi connectivity index (χ2v) is 4.66. The summed E-state index contributed by atoms with van der Waals surface area (Å²) in [5.41, 5.74) is 9.03. The third-order valence-corrected chi connectivity index (χ3v) is 3.30. The van der Waals surface area contributed by atoms with E-state index in [4.69, 9.17) is 5.73 Å². The van der Waals surface area contributed by atoms with Crippen molar-refractivity contribution < 1.29 is 0 Å². The van der Waals surface area contributed by atoms with Crippen LogP contribution in [0.3, 0.4) is 0 Å². The number of nitrogens with one attached hydrogen (secondary N) is 1. The van der Waals surface area contributed by atoms with Crippen molar-refractivity contribution in [3.63, 3.8) is 0 Å². The molecular weight excluding hydrogens is 248 g/mol. The average Bonchev–Trinajstić information content (AvgIpc) is 2.51. The van der Waals surface area contributed by atoms with Crippen LogP contribution in [0.2, 0.25) is 0 Å². The monoisotopic (exact) mass is 264 g/mol. The molecule has 2 aromatic heterocycles. The van der Waals surface area contributed by atoms with Gasteiger partial charge in [0.25, 0.3) is 0 Å². The average molecular weight is 264 g/mol. The van der Waals surface area contributed by atoms with Gasteiger partial charge in [-0.2, -0.15) is 0 Å². The summed E-state index contributed by atoms with van der Waals surface area (Å²) < 4.78 is 0. The molecular formula is C16H16N4. The predicted octanol–water partition coefficient (Wildman–Crippen LogP) is 2.87. The van der Waals surface area contributed by atoms with Gasteiger partial charge in [-0.15, -0.1) is 0 Å². The maximum atomic E-state index is 5.97. The Morgan fingerprint density at radius 3 is 2.70 bits per heavy atom. The summed E-state index contributed by atoms with van der Waals surface area (Å²) in [5, 5.41) is 5.54. The van der Waals surface area contributed by atoms with E-state index in [2.05, 4.69) is 21.4 Å². The molecule has 0 aliphatic heterocycles. The van der Waals surface area contributed by atoms with Crippen molar-refractivity contribution in [2.24, 2.45) is 0 Å². The first-order chi connectivity index (χ1) is 9.84. The highest BCUT2D eigenvalue weighted by atomic mass is 14.9. The molecule has 0 spiro atoms. The predicted molar refractivity (Wildman–Crippen MR) is 82.6 cm³/mol. The second-order valence-electron chi connectivity index (χ2n) is 4.66. The Balaban J connectivity index is 1.77. The molecule has 0 aliphatic rings. The van der Waals surface area contributed by atoms with Crippen LogP contribution in [-0.4, -0.2) is 16.5 Å². The molecule has 0 unspecified atom stereocenters. The fourth-order valence-corrected chi connectivity index (χ4v) is 2.25. The molecule has 4 nitrogen and oxygen atoms in total. The van der Waals surface area contributed by atoms with Gasteiger partial charge in [0.2, 0.25) is 0 Å². The van der Waals surface area contributed by atoms with Crippen molar-refractivity contribution in [1.29, 1.82) is 0 Å². The summed E-state index contributed by atoms with van der Waals surface area (Å²) in [6.45, 7) is 0.854. The summed E-state index contributed by atoms with van der Waals surface area (Å²) in [6.07, 6.45) is 8.21. The topological polar surface area (TPSA) is 63.8 Å². The van der Waals surface area contributed by atoms with Gasteiger partial charge in [-0.1, -0.05) is 6.07 Å². The Labute approximate surface area is 117 Å². The van der Waals surface area contributed by atoms with Gasteiger partial charge in [0, 0.05) is 53.5 Å². The highest BCUT2D eigenvalue weighted by Gasteiger charge is 2.03. The number of benzene rings is 1. The highest BCUT2D eigenvalue weighted by molar-refractivity contribution is 6.00. The summed E-state index contributed by atoms with van der Waals surface area (Å²) >= 11 is 0. The molecule has 0 amide bonds. The zero-order valence-electron chi connectivity index (χ0n) is 11.1. The quantitative estimate of drug-likeness (QED) is 0.711. The molecule has 0 atom stereocenters. The third kappa shape index (κ3) is 2.54. The lowest BCUT2D eigenvalue weighted by atomic mass is 10.1. The normalized spacial score (nSPS) is 10.6. The second kappa shape index (κ2) is 5.57. The molecule has 0 fully saturated rings. The Kier molecular flexibility index (Phi) is 3.46. The first-order valence-electron chi connectivity index (χ1n) is 6.59. The van der Waals surface area contributed by atoms with Crippen LogP contribution in [0.4, 0.5) is 11.4 Å². The van der Waals surface area contributed by atoms with E-state index in [9.17, 15) is 0 Å². The van der Waals surface area contributed by atoms with Gasteiger partial charge >= 0.3 is 0 Å². The Morgan fingerprint density at radius 2 is 1.85 bits per heavy atom. The van der Waals surface area contributed by atoms with Crippen LogP contribution in [-0.2, 0) is 6.42 Å². The summed E-state index contributed by atoms with van der Waals surface area (Å²) in [6, 6.07) is 9.95. The molecule has 1 aromatic carbocycles. The van der Waals surface area contributed by atoms with E-state index in [0.717, 1.165) is 35.1 Å². The van der Waals surface area contributed by atoms with Crippen LogP contribution >= 0.6 is 0 Å². The maximum absolute atomic E-state index is 5.97. The number of nitrogens with two attached hydrogens (primary N) is 1. The van der Waals surface area contributed by atoms with Gasteiger partial charge in [0.15, 0.2) is 0 Å². The fraction of sp³-hybridized carbons (Fsp3) is 0.125. The van der Waals surface area contributed by atoms with Crippen molar-refractivity contribution in [3.05, 3.63) is 60.7 Å². The molecule has 0 saturated heterocycles. The Morgan fingerprint density at radius 1 is 0.950 bits per heavy atom. The van der Waals surface area contributed by atoms with Gasteiger partial charge in [-0.3, -0.25) is 9.97 Å². The van der Waals surface area contributed by atoms with Crippen LogP contribution in [0.25, 0.3) is 10.8 Å². The van der Waals surface area contributed by atoms with E-state index in [-0.39, 0.29) is 0 Å². The third-order valence-electron chi connectivity index (χ3n) is 3.30. The zero-order valence-corrected chi connectivity index (χ0v) is 11.1. The first kappa shape index (κ1) is 12.4. The van der Waals surface area contributed by atoms with E-state index in [0.29, 0.717) is 0 Å². The smallest absolute Gasteiger partial charge is 0.0422 e. The lowest BCUT2D eigenvalue weighted by Gasteiger charge is -2.11. The lowest BCUT2D eigenvalue weighted by Crippen LogP contribution is -2.05. The number of pyridine rings is 2. The Bertz CT molecular complexity index is 710. The number of hydrogen-bond acceptors (Lipinski definition) is 4. The van der Waals surface area contributed by atoms with Crippen molar-refractivity contribution in [2.45, 2.75) is 6.42 Å². The molecule has 0 aliphatic carbocycles.